The Bertz CT molecular complexity index is 636. The fourth-order valence-electron chi connectivity index (χ4n) is 1.84. The molecule has 0 aromatic heterocycles. The molecule has 0 aliphatic rings. The van der Waals surface area contributed by atoms with Gasteiger partial charge in [0.05, 0.1) is 6.61 Å². The molecule has 0 aliphatic heterocycles. The standard InChI is InChI=1S/C16H13F2IO2/c17-12-7-11(8-13(18)9-12)10-21-16-4-2-1-3-14(16)15(19)5-6-20/h1-5,7-9,20H,6,10H2/b15-5-. The predicted octanol–water partition coefficient (Wildman–Crippen LogP) is 4.31. The quantitative estimate of drug-likeness (QED) is 0.756. The first kappa shape index (κ1) is 15.9. The second-order valence-electron chi connectivity index (χ2n) is 4.30. The molecule has 0 spiro atoms. The molecule has 0 fully saturated rings. The molecule has 0 heterocycles. The van der Waals surface area contributed by atoms with Crippen LogP contribution in [0.3, 0.4) is 0 Å². The summed E-state index contributed by atoms with van der Waals surface area (Å²) in [6.45, 7) is -0.00352. The normalized spacial score (nSPS) is 11.5. The maximum atomic E-state index is 13.1. The van der Waals surface area contributed by atoms with E-state index >= 15 is 0 Å². The summed E-state index contributed by atoms with van der Waals surface area (Å²) in [5, 5.41) is 8.95. The van der Waals surface area contributed by atoms with Crippen LogP contribution in [0.4, 0.5) is 8.78 Å². The summed E-state index contributed by atoms with van der Waals surface area (Å²) in [4.78, 5) is 0. The highest BCUT2D eigenvalue weighted by atomic mass is 127. The molecule has 0 aliphatic carbocycles. The van der Waals surface area contributed by atoms with Crippen molar-refractivity contribution >= 4 is 26.2 Å². The van der Waals surface area contributed by atoms with Gasteiger partial charge < -0.3 is 9.84 Å². The Labute approximate surface area is 135 Å². The molecule has 0 atom stereocenters. The second kappa shape index (κ2) is 7.51. The maximum absolute atomic E-state index is 13.1. The lowest BCUT2D eigenvalue weighted by molar-refractivity contribution is 0.304. The number of aliphatic hydroxyl groups is 1. The van der Waals surface area contributed by atoms with E-state index < -0.39 is 11.6 Å². The van der Waals surface area contributed by atoms with E-state index in [2.05, 4.69) is 22.6 Å². The van der Waals surface area contributed by atoms with E-state index in [-0.39, 0.29) is 13.2 Å². The van der Waals surface area contributed by atoms with Gasteiger partial charge in [-0.2, -0.15) is 0 Å². The maximum Gasteiger partial charge on any atom is 0.128 e. The van der Waals surface area contributed by atoms with Gasteiger partial charge in [-0.15, -0.1) is 0 Å². The summed E-state index contributed by atoms with van der Waals surface area (Å²) in [5.41, 5.74) is 1.24. The molecular weight excluding hydrogens is 389 g/mol. The molecule has 2 nitrogen and oxygen atoms in total. The Morgan fingerprint density at radius 3 is 2.48 bits per heavy atom. The van der Waals surface area contributed by atoms with Crippen LogP contribution in [0.2, 0.25) is 0 Å². The molecule has 0 saturated heterocycles. The molecule has 0 amide bonds. The van der Waals surface area contributed by atoms with E-state index in [9.17, 15) is 8.78 Å². The molecule has 2 aromatic rings. The first-order valence-electron chi connectivity index (χ1n) is 6.24. The van der Waals surface area contributed by atoms with Gasteiger partial charge in [-0.3, -0.25) is 0 Å². The van der Waals surface area contributed by atoms with Crippen LogP contribution in [0.25, 0.3) is 3.58 Å². The minimum Gasteiger partial charge on any atom is -0.488 e. The van der Waals surface area contributed by atoms with Crippen LogP contribution in [-0.2, 0) is 6.61 Å². The van der Waals surface area contributed by atoms with Crippen LogP contribution < -0.4 is 4.74 Å². The van der Waals surface area contributed by atoms with Crippen molar-refractivity contribution in [2.24, 2.45) is 0 Å². The van der Waals surface area contributed by atoms with E-state index in [1.54, 1.807) is 12.1 Å². The average Bonchev–Trinajstić information content (AvgIpc) is 2.45. The SMILES string of the molecule is OC/C=C(\I)c1ccccc1OCc1cc(F)cc(F)c1. The number of para-hydroxylation sites is 1. The van der Waals surface area contributed by atoms with Crippen molar-refractivity contribution in [1.82, 2.24) is 0 Å². The number of benzene rings is 2. The molecule has 21 heavy (non-hydrogen) atoms. The van der Waals surface area contributed by atoms with E-state index in [1.165, 1.54) is 12.1 Å². The van der Waals surface area contributed by atoms with Crippen molar-refractivity contribution in [2.45, 2.75) is 6.61 Å². The van der Waals surface area contributed by atoms with E-state index in [4.69, 9.17) is 9.84 Å². The molecule has 0 saturated carbocycles. The van der Waals surface area contributed by atoms with Crippen molar-refractivity contribution < 1.29 is 18.6 Å². The van der Waals surface area contributed by atoms with E-state index in [0.717, 1.165) is 15.2 Å². The second-order valence-corrected chi connectivity index (χ2v) is 5.46. The van der Waals surface area contributed by atoms with Crippen LogP contribution in [0.15, 0.2) is 48.5 Å². The van der Waals surface area contributed by atoms with Crippen LogP contribution >= 0.6 is 22.6 Å². The van der Waals surface area contributed by atoms with Gasteiger partial charge in [-0.05, 0) is 52.4 Å². The summed E-state index contributed by atoms with van der Waals surface area (Å²) in [6, 6.07) is 10.6. The lowest BCUT2D eigenvalue weighted by atomic mass is 10.2. The molecule has 5 heteroatoms. The van der Waals surface area contributed by atoms with Gasteiger partial charge in [0, 0.05) is 15.2 Å². The smallest absolute Gasteiger partial charge is 0.128 e. The van der Waals surface area contributed by atoms with Gasteiger partial charge in [0.1, 0.15) is 24.0 Å². The summed E-state index contributed by atoms with van der Waals surface area (Å²) >= 11 is 2.10. The topological polar surface area (TPSA) is 29.5 Å². The number of aliphatic hydroxyl groups excluding tert-OH is 1. The van der Waals surface area contributed by atoms with Crippen molar-refractivity contribution in [3.8, 4) is 5.75 Å². The summed E-state index contributed by atoms with van der Waals surface area (Å²) < 4.78 is 32.7. The van der Waals surface area contributed by atoms with Crippen molar-refractivity contribution in [3.63, 3.8) is 0 Å². The zero-order chi connectivity index (χ0) is 15.2. The van der Waals surface area contributed by atoms with Crippen LogP contribution in [0, 0.1) is 11.6 Å². The highest BCUT2D eigenvalue weighted by molar-refractivity contribution is 14.1. The molecule has 0 unspecified atom stereocenters. The van der Waals surface area contributed by atoms with Gasteiger partial charge in [0.2, 0.25) is 0 Å². The molecule has 1 N–H and O–H groups in total. The van der Waals surface area contributed by atoms with Gasteiger partial charge in [-0.25, -0.2) is 8.78 Å². The fraction of sp³-hybridized carbons (Fsp3) is 0.125. The largest absolute Gasteiger partial charge is 0.488 e. The summed E-state index contributed by atoms with van der Waals surface area (Å²) in [7, 11) is 0. The molecule has 0 radical (unpaired) electrons. The monoisotopic (exact) mass is 402 g/mol. The molecule has 0 bridgehead atoms. The number of ether oxygens (including phenoxy) is 1. The highest BCUT2D eigenvalue weighted by Crippen LogP contribution is 2.30. The number of rotatable bonds is 5. The van der Waals surface area contributed by atoms with Crippen molar-refractivity contribution in [1.29, 1.82) is 0 Å². The molecule has 2 aromatic carbocycles. The van der Waals surface area contributed by atoms with Crippen molar-refractivity contribution in [2.75, 3.05) is 6.61 Å². The first-order valence-corrected chi connectivity index (χ1v) is 7.31. The summed E-state index contributed by atoms with van der Waals surface area (Å²) in [6.07, 6.45) is 1.66. The highest BCUT2D eigenvalue weighted by Gasteiger charge is 2.07. The van der Waals surface area contributed by atoms with Gasteiger partial charge in [0.15, 0.2) is 0 Å². The average molecular weight is 402 g/mol. The Kier molecular flexibility index (Phi) is 5.69. The van der Waals surface area contributed by atoms with E-state index in [0.29, 0.717) is 11.3 Å². The predicted molar refractivity (Wildman–Crippen MR) is 86.2 cm³/mol. The number of halogens is 3. The first-order chi connectivity index (χ1) is 10.1. The number of hydrogen-bond donors (Lipinski definition) is 1. The zero-order valence-electron chi connectivity index (χ0n) is 11.0. The zero-order valence-corrected chi connectivity index (χ0v) is 13.2. The number of hydrogen-bond acceptors (Lipinski definition) is 2. The Hall–Kier alpha value is -1.47. The third-order valence-corrected chi connectivity index (χ3v) is 3.75. The minimum atomic E-state index is -0.628. The molecule has 2 rings (SSSR count). The van der Waals surface area contributed by atoms with E-state index in [1.807, 2.05) is 18.2 Å². The van der Waals surface area contributed by atoms with Gasteiger partial charge >= 0.3 is 0 Å². The van der Waals surface area contributed by atoms with Crippen LogP contribution in [0.1, 0.15) is 11.1 Å². The Morgan fingerprint density at radius 2 is 1.81 bits per heavy atom. The van der Waals surface area contributed by atoms with Gasteiger partial charge in [-0.1, -0.05) is 18.2 Å². The minimum absolute atomic E-state index is 0.0642. The Balaban J connectivity index is 2.18. The van der Waals surface area contributed by atoms with Crippen LogP contribution in [0.5, 0.6) is 5.75 Å². The fourth-order valence-corrected chi connectivity index (χ4v) is 2.48. The van der Waals surface area contributed by atoms with Crippen LogP contribution in [-0.4, -0.2) is 11.7 Å². The lowest BCUT2D eigenvalue weighted by Crippen LogP contribution is -1.99. The van der Waals surface area contributed by atoms with Crippen molar-refractivity contribution in [3.05, 3.63) is 71.3 Å². The summed E-state index contributed by atoms with van der Waals surface area (Å²) in [5.74, 6) is -0.662. The third kappa shape index (κ3) is 4.50. The lowest BCUT2D eigenvalue weighted by Gasteiger charge is -2.11. The molecule has 110 valence electrons. The molecular formula is C16H13F2IO2. The third-order valence-electron chi connectivity index (χ3n) is 2.73. The Morgan fingerprint density at radius 1 is 1.14 bits per heavy atom. The van der Waals surface area contributed by atoms with Gasteiger partial charge in [0.25, 0.3) is 0 Å².